The predicted molar refractivity (Wildman–Crippen MR) is 206 cm³/mol. The minimum absolute atomic E-state index is 0.0105. The molecule has 1 amide bonds. The fraction of sp³-hybridized carbons (Fsp3) is 0.462. The fourth-order valence-corrected chi connectivity index (χ4v) is 10.8. The Morgan fingerprint density at radius 3 is 2.70 bits per heavy atom. The second kappa shape index (κ2) is 13.9. The molecule has 298 valence electrons. The number of ether oxygens (including phenoxy) is 1. The molecule has 5 aromatic rings. The van der Waals surface area contributed by atoms with Crippen molar-refractivity contribution in [3.63, 3.8) is 0 Å². The van der Waals surface area contributed by atoms with E-state index in [0.717, 1.165) is 56.1 Å². The second-order valence-corrected chi connectivity index (χ2v) is 17.3. The van der Waals surface area contributed by atoms with E-state index in [4.69, 9.17) is 27.1 Å². The van der Waals surface area contributed by atoms with Crippen molar-refractivity contribution in [3.8, 4) is 23.2 Å². The van der Waals surface area contributed by atoms with Crippen molar-refractivity contribution in [2.75, 3.05) is 56.5 Å². The van der Waals surface area contributed by atoms with Gasteiger partial charge in [0.05, 0.1) is 20.8 Å². The number of amides is 1. The number of aryl methyl sites for hydroxylation is 1. The van der Waals surface area contributed by atoms with Crippen LogP contribution in [-0.2, 0) is 7.05 Å². The number of likely N-dealkylation sites (tertiary alicyclic amines) is 1. The van der Waals surface area contributed by atoms with E-state index in [2.05, 4.69) is 15.0 Å². The highest BCUT2D eigenvalue weighted by Crippen LogP contribution is 2.47. The van der Waals surface area contributed by atoms with Gasteiger partial charge in [-0.25, -0.2) is 22.0 Å². The molecule has 11 nitrogen and oxygen atoms in total. The number of fused-ring (bicyclic) bond motifs is 3. The molecule has 1 spiro atoms. The molecule has 0 saturated carbocycles. The van der Waals surface area contributed by atoms with Gasteiger partial charge >= 0.3 is 6.01 Å². The summed E-state index contributed by atoms with van der Waals surface area (Å²) in [7, 11) is 1.46. The molecule has 7 heterocycles. The molecule has 4 aliphatic heterocycles. The van der Waals surface area contributed by atoms with Crippen LogP contribution in [0, 0.1) is 28.4 Å². The van der Waals surface area contributed by atoms with Crippen LogP contribution in [0.1, 0.15) is 66.7 Å². The third-order valence-electron chi connectivity index (χ3n) is 12.2. The van der Waals surface area contributed by atoms with Crippen LogP contribution in [0.2, 0.25) is 5.02 Å². The largest absolute Gasteiger partial charge is 0.461 e. The Morgan fingerprint density at radius 1 is 1.14 bits per heavy atom. The van der Waals surface area contributed by atoms with Crippen molar-refractivity contribution in [2.45, 2.75) is 56.7 Å². The molecule has 4 aliphatic rings. The van der Waals surface area contributed by atoms with Crippen LogP contribution in [0.15, 0.2) is 24.3 Å². The highest BCUT2D eigenvalue weighted by molar-refractivity contribution is 7.23. The van der Waals surface area contributed by atoms with Gasteiger partial charge in [-0.15, -0.1) is 11.3 Å². The summed E-state index contributed by atoms with van der Waals surface area (Å²) in [6.45, 7) is 2.84. The van der Waals surface area contributed by atoms with E-state index in [1.165, 1.54) is 23.9 Å². The van der Waals surface area contributed by atoms with Gasteiger partial charge in [0.25, 0.3) is 12.3 Å². The van der Waals surface area contributed by atoms with Gasteiger partial charge in [-0.1, -0.05) is 24.1 Å². The van der Waals surface area contributed by atoms with Crippen molar-refractivity contribution >= 4 is 60.7 Å². The fourth-order valence-electron chi connectivity index (χ4n) is 9.54. The maximum absolute atomic E-state index is 17.3. The minimum Gasteiger partial charge on any atom is -0.461 e. The Labute approximate surface area is 332 Å². The first kappa shape index (κ1) is 37.8. The molecular formula is C39H37ClF5N9O2S. The van der Waals surface area contributed by atoms with Gasteiger partial charge in [0, 0.05) is 67.9 Å². The lowest BCUT2D eigenvalue weighted by molar-refractivity contribution is 0.00555. The van der Waals surface area contributed by atoms with E-state index in [-0.39, 0.29) is 66.0 Å². The van der Waals surface area contributed by atoms with Crippen molar-refractivity contribution in [1.29, 1.82) is 5.26 Å². The van der Waals surface area contributed by atoms with E-state index in [1.807, 2.05) is 11.0 Å². The number of carbonyl (C=O) groups is 1. The number of benzene rings is 2. The molecular weight excluding hydrogens is 789 g/mol. The standard InChI is InChI=1S/C39H37ClF5N9O2S/c1-51-27(12-26(50-51)33(44)45)36(55)53-17-38(18-53)7-2-3-9-52(16-38)35-22-11-24(40)29(21-5-6-25(42)32-28(21)23(14-46)34(47)57-32)30(43)31(22)48-37(49-35)56-19-39-8-4-10-54(39)15-20(41)13-39/h5-6,11-12,20,33H,2-4,7-10,13,15-19,47H2,1H3/t20-,39+/m1/s1. The molecule has 2 aromatic carbocycles. The maximum Gasteiger partial charge on any atom is 0.319 e. The van der Waals surface area contributed by atoms with Gasteiger partial charge in [-0.3, -0.25) is 14.4 Å². The van der Waals surface area contributed by atoms with Crippen LogP contribution in [0.5, 0.6) is 6.01 Å². The number of alkyl halides is 3. The monoisotopic (exact) mass is 825 g/mol. The number of nitrogens with zero attached hydrogens (tertiary/aromatic N) is 8. The number of hydrogen-bond donors (Lipinski definition) is 1. The molecule has 0 bridgehead atoms. The summed E-state index contributed by atoms with van der Waals surface area (Å²) >= 11 is 7.83. The predicted octanol–water partition coefficient (Wildman–Crippen LogP) is 7.66. The van der Waals surface area contributed by atoms with Gasteiger partial charge in [-0.05, 0) is 56.0 Å². The second-order valence-electron chi connectivity index (χ2n) is 15.8. The van der Waals surface area contributed by atoms with Crippen molar-refractivity contribution in [3.05, 3.63) is 57.9 Å². The molecule has 18 heteroatoms. The van der Waals surface area contributed by atoms with Gasteiger partial charge < -0.3 is 20.3 Å². The zero-order chi connectivity index (χ0) is 40.0. The zero-order valence-corrected chi connectivity index (χ0v) is 32.4. The third kappa shape index (κ3) is 6.22. The molecule has 57 heavy (non-hydrogen) atoms. The highest BCUT2D eigenvalue weighted by Gasteiger charge is 2.50. The first-order valence-electron chi connectivity index (χ1n) is 18.8. The van der Waals surface area contributed by atoms with E-state index in [1.54, 1.807) is 11.0 Å². The number of nitriles is 1. The van der Waals surface area contributed by atoms with Crippen LogP contribution in [0.4, 0.5) is 32.8 Å². The summed E-state index contributed by atoms with van der Waals surface area (Å²) in [5, 5.41) is 14.3. The minimum atomic E-state index is -2.81. The SMILES string of the molecule is Cn1nc(C(F)F)cc1C(=O)N1CC2(CCCCN(c3nc(OC[C@@]45CCCN4C[C@H](F)C5)nc4c(F)c(-c5ccc(F)c6sc(N)c(C#N)c56)c(Cl)cc34)C2)C1. The lowest BCUT2D eigenvalue weighted by Crippen LogP contribution is -2.62. The molecule has 0 aliphatic carbocycles. The van der Waals surface area contributed by atoms with E-state index >= 15 is 8.78 Å². The first-order valence-corrected chi connectivity index (χ1v) is 20.0. The number of rotatable bonds is 7. The number of anilines is 2. The smallest absolute Gasteiger partial charge is 0.319 e. The summed E-state index contributed by atoms with van der Waals surface area (Å²) in [6.07, 6.45) is 0.500. The van der Waals surface area contributed by atoms with Crippen molar-refractivity contribution in [1.82, 2.24) is 29.5 Å². The van der Waals surface area contributed by atoms with E-state index in [9.17, 15) is 23.2 Å². The lowest BCUT2D eigenvalue weighted by Gasteiger charge is -2.51. The van der Waals surface area contributed by atoms with Crippen LogP contribution in [-0.4, -0.2) is 93.0 Å². The molecule has 4 saturated heterocycles. The Hall–Kier alpha value is -4.79. The quantitative estimate of drug-likeness (QED) is 0.165. The molecule has 0 radical (unpaired) electrons. The summed E-state index contributed by atoms with van der Waals surface area (Å²) in [5.41, 5.74) is 4.76. The topological polar surface area (TPSA) is 129 Å². The molecule has 0 unspecified atom stereocenters. The molecule has 2 N–H and O–H groups in total. The number of nitrogen functional groups attached to an aromatic ring is 1. The van der Waals surface area contributed by atoms with E-state index < -0.39 is 41.4 Å². The van der Waals surface area contributed by atoms with Crippen molar-refractivity contribution in [2.24, 2.45) is 12.5 Å². The Morgan fingerprint density at radius 2 is 1.95 bits per heavy atom. The average Bonchev–Trinajstić information content (AvgIpc) is 3.87. The third-order valence-corrected chi connectivity index (χ3v) is 13.5. The number of thiophene rings is 1. The van der Waals surface area contributed by atoms with Gasteiger partial charge in [0.15, 0.2) is 5.82 Å². The molecule has 2 atom stereocenters. The lowest BCUT2D eigenvalue weighted by atomic mass is 9.75. The van der Waals surface area contributed by atoms with Gasteiger partial charge in [-0.2, -0.15) is 20.3 Å². The molecule has 4 fully saturated rings. The molecule has 9 rings (SSSR count). The Kier molecular flexibility index (Phi) is 9.24. The normalized spacial score (nSPS) is 22.1. The maximum atomic E-state index is 17.3. The number of aromatic nitrogens is 4. The zero-order valence-electron chi connectivity index (χ0n) is 30.8. The number of hydrogen-bond acceptors (Lipinski definition) is 10. The summed E-state index contributed by atoms with van der Waals surface area (Å²) in [6, 6.07) is 7.13. The first-order chi connectivity index (χ1) is 27.3. The van der Waals surface area contributed by atoms with Crippen molar-refractivity contribution < 1.29 is 31.5 Å². The van der Waals surface area contributed by atoms with Crippen LogP contribution in [0.25, 0.3) is 32.1 Å². The van der Waals surface area contributed by atoms with Crippen LogP contribution in [0.3, 0.4) is 0 Å². The van der Waals surface area contributed by atoms with Crippen LogP contribution >= 0.6 is 22.9 Å². The summed E-state index contributed by atoms with van der Waals surface area (Å²) < 4.78 is 81.3. The van der Waals surface area contributed by atoms with E-state index in [0.29, 0.717) is 50.3 Å². The summed E-state index contributed by atoms with van der Waals surface area (Å²) in [4.78, 5) is 28.7. The number of carbonyl (C=O) groups excluding carboxylic acids is 1. The van der Waals surface area contributed by atoms with Gasteiger partial charge in [0.1, 0.15) is 52.4 Å². The Bertz CT molecular complexity index is 2500. The number of halogens is 6. The average molecular weight is 826 g/mol. The van der Waals surface area contributed by atoms with Gasteiger partial charge in [0.2, 0.25) is 0 Å². The number of nitrogens with two attached hydrogens (primary N) is 1. The Balaban J connectivity index is 1.12. The highest BCUT2D eigenvalue weighted by atomic mass is 35.5. The summed E-state index contributed by atoms with van der Waals surface area (Å²) in [5.74, 6) is -1.48. The van der Waals surface area contributed by atoms with Crippen LogP contribution < -0.4 is 15.4 Å². The molecule has 3 aromatic heterocycles.